The van der Waals surface area contributed by atoms with Crippen molar-refractivity contribution in [1.82, 2.24) is 10.4 Å². The Morgan fingerprint density at radius 2 is 1.84 bits per heavy atom. The van der Waals surface area contributed by atoms with Crippen LogP contribution in [-0.4, -0.2) is 41.9 Å². The minimum atomic E-state index is -0.751. The van der Waals surface area contributed by atoms with Crippen LogP contribution in [0.25, 0.3) is 0 Å². The number of ether oxygens (including phenoxy) is 1. The average Bonchev–Trinajstić information content (AvgIpc) is 3.10. The molecule has 0 radical (unpaired) electrons. The number of aryl methyl sites for hydroxylation is 2. The second-order valence-electron chi connectivity index (χ2n) is 7.62. The lowest BCUT2D eigenvalue weighted by Gasteiger charge is -2.17. The van der Waals surface area contributed by atoms with Crippen molar-refractivity contribution in [2.24, 2.45) is 5.92 Å². The first-order valence-corrected chi connectivity index (χ1v) is 9.95. The molecule has 31 heavy (non-hydrogen) atoms. The summed E-state index contributed by atoms with van der Waals surface area (Å²) in [6.45, 7) is 5.23. The van der Waals surface area contributed by atoms with Crippen molar-refractivity contribution in [3.63, 3.8) is 0 Å². The zero-order valence-electron chi connectivity index (χ0n) is 17.7. The van der Waals surface area contributed by atoms with Crippen LogP contribution in [0.2, 0.25) is 0 Å². The van der Waals surface area contributed by atoms with Gasteiger partial charge in [0.1, 0.15) is 0 Å². The van der Waals surface area contributed by atoms with Gasteiger partial charge in [-0.1, -0.05) is 29.8 Å². The van der Waals surface area contributed by atoms with Gasteiger partial charge in [0.25, 0.3) is 11.8 Å². The van der Waals surface area contributed by atoms with E-state index in [0.29, 0.717) is 11.3 Å². The van der Waals surface area contributed by atoms with Gasteiger partial charge < -0.3 is 10.1 Å². The molecule has 1 unspecified atom stereocenters. The zero-order chi connectivity index (χ0) is 22.5. The van der Waals surface area contributed by atoms with Gasteiger partial charge in [0, 0.05) is 17.7 Å². The number of hydrogen-bond acceptors (Lipinski definition) is 5. The molecule has 1 aliphatic heterocycles. The molecule has 0 spiro atoms. The number of benzene rings is 2. The standard InChI is InChI=1S/C23H25N3O5/c1-14-6-4-8-17(10-14)22(29)25-26-12-18(11-21(26)28)23(30)31-13-20(27)24-19-9-5-7-15(2)16(19)3/h4-10,18H,11-13H2,1-3H3,(H,24,27)(H,25,29). The summed E-state index contributed by atoms with van der Waals surface area (Å²) in [5.74, 6) is -2.69. The Balaban J connectivity index is 1.50. The van der Waals surface area contributed by atoms with E-state index in [2.05, 4.69) is 10.7 Å². The quantitative estimate of drug-likeness (QED) is 0.694. The molecule has 2 aromatic carbocycles. The van der Waals surface area contributed by atoms with Crippen molar-refractivity contribution in [3.8, 4) is 0 Å². The van der Waals surface area contributed by atoms with Gasteiger partial charge in [-0.25, -0.2) is 0 Å². The highest BCUT2D eigenvalue weighted by Crippen LogP contribution is 2.19. The van der Waals surface area contributed by atoms with Crippen LogP contribution < -0.4 is 10.7 Å². The van der Waals surface area contributed by atoms with E-state index < -0.39 is 30.3 Å². The number of carbonyl (C=O) groups is 4. The van der Waals surface area contributed by atoms with Crippen LogP contribution >= 0.6 is 0 Å². The maximum atomic E-state index is 12.3. The topological polar surface area (TPSA) is 105 Å². The van der Waals surface area contributed by atoms with Crippen molar-refractivity contribution in [1.29, 1.82) is 0 Å². The largest absolute Gasteiger partial charge is 0.455 e. The van der Waals surface area contributed by atoms with E-state index >= 15 is 0 Å². The molecule has 3 amide bonds. The van der Waals surface area contributed by atoms with Crippen LogP contribution in [0.15, 0.2) is 42.5 Å². The summed E-state index contributed by atoms with van der Waals surface area (Å²) in [6, 6.07) is 12.5. The lowest BCUT2D eigenvalue weighted by atomic mass is 10.1. The number of esters is 1. The molecule has 1 fully saturated rings. The third kappa shape index (κ3) is 5.48. The van der Waals surface area contributed by atoms with Crippen molar-refractivity contribution >= 4 is 29.4 Å². The van der Waals surface area contributed by atoms with E-state index in [9.17, 15) is 19.2 Å². The number of nitrogens with one attached hydrogen (secondary N) is 2. The van der Waals surface area contributed by atoms with Gasteiger partial charge in [0.15, 0.2) is 6.61 Å². The summed E-state index contributed by atoms with van der Waals surface area (Å²) >= 11 is 0. The molecule has 0 bridgehead atoms. The highest BCUT2D eigenvalue weighted by atomic mass is 16.5. The van der Waals surface area contributed by atoms with Crippen LogP contribution in [0.5, 0.6) is 0 Å². The SMILES string of the molecule is Cc1cccc(C(=O)NN2CC(C(=O)OCC(=O)Nc3cccc(C)c3C)CC2=O)c1. The van der Waals surface area contributed by atoms with Crippen molar-refractivity contribution < 1.29 is 23.9 Å². The average molecular weight is 423 g/mol. The van der Waals surface area contributed by atoms with Crippen LogP contribution in [0.4, 0.5) is 5.69 Å². The Bertz CT molecular complexity index is 1030. The molecule has 1 aliphatic rings. The fourth-order valence-corrected chi connectivity index (χ4v) is 3.27. The molecular formula is C23H25N3O5. The Morgan fingerprint density at radius 1 is 1.10 bits per heavy atom. The second kappa shape index (κ2) is 9.42. The number of amides is 3. The Hall–Kier alpha value is -3.68. The third-order valence-corrected chi connectivity index (χ3v) is 5.20. The molecule has 1 atom stereocenters. The van der Waals surface area contributed by atoms with Gasteiger partial charge in [0.05, 0.1) is 12.5 Å². The second-order valence-corrected chi connectivity index (χ2v) is 7.62. The van der Waals surface area contributed by atoms with Gasteiger partial charge in [-0.15, -0.1) is 0 Å². The molecule has 0 saturated carbocycles. The molecule has 1 saturated heterocycles. The highest BCUT2D eigenvalue weighted by molar-refractivity contribution is 5.97. The van der Waals surface area contributed by atoms with Crippen LogP contribution in [0.1, 0.15) is 33.5 Å². The Morgan fingerprint density at radius 3 is 2.58 bits per heavy atom. The molecule has 2 N–H and O–H groups in total. The number of hydrazine groups is 1. The molecule has 0 aliphatic carbocycles. The van der Waals surface area contributed by atoms with Crippen molar-refractivity contribution in [2.75, 3.05) is 18.5 Å². The third-order valence-electron chi connectivity index (χ3n) is 5.20. The summed E-state index contributed by atoms with van der Waals surface area (Å²) in [6.07, 6.45) is -0.0917. The van der Waals surface area contributed by atoms with E-state index in [0.717, 1.165) is 21.7 Å². The van der Waals surface area contributed by atoms with E-state index in [1.165, 1.54) is 0 Å². The highest BCUT2D eigenvalue weighted by Gasteiger charge is 2.36. The van der Waals surface area contributed by atoms with Gasteiger partial charge in [-0.2, -0.15) is 0 Å². The lowest BCUT2D eigenvalue weighted by molar-refractivity contribution is -0.151. The predicted molar refractivity (Wildman–Crippen MR) is 114 cm³/mol. The number of nitrogens with zero attached hydrogens (tertiary/aromatic N) is 1. The minimum Gasteiger partial charge on any atom is -0.455 e. The molecular weight excluding hydrogens is 398 g/mol. The zero-order valence-corrected chi connectivity index (χ0v) is 17.7. The molecule has 8 heteroatoms. The first kappa shape index (κ1) is 22.0. The molecule has 3 rings (SSSR count). The summed E-state index contributed by atoms with van der Waals surface area (Å²) in [5.41, 5.74) is 6.48. The smallest absolute Gasteiger partial charge is 0.311 e. The van der Waals surface area contributed by atoms with E-state index in [1.54, 1.807) is 24.3 Å². The van der Waals surface area contributed by atoms with Gasteiger partial charge in [0.2, 0.25) is 5.91 Å². The van der Waals surface area contributed by atoms with E-state index in [1.807, 2.05) is 39.0 Å². The van der Waals surface area contributed by atoms with Crippen LogP contribution in [0, 0.1) is 26.7 Å². The Labute approximate surface area is 180 Å². The number of carbonyl (C=O) groups excluding carboxylic acids is 4. The number of hydrogen-bond donors (Lipinski definition) is 2. The molecule has 8 nitrogen and oxygen atoms in total. The predicted octanol–water partition coefficient (Wildman–Crippen LogP) is 2.29. The van der Waals surface area contributed by atoms with Crippen LogP contribution in [-0.2, 0) is 19.1 Å². The van der Waals surface area contributed by atoms with Gasteiger partial charge >= 0.3 is 5.97 Å². The van der Waals surface area contributed by atoms with Gasteiger partial charge in [-0.3, -0.25) is 29.6 Å². The first-order chi connectivity index (χ1) is 14.7. The summed E-state index contributed by atoms with van der Waals surface area (Å²) in [4.78, 5) is 49.0. The van der Waals surface area contributed by atoms with Crippen LogP contribution in [0.3, 0.4) is 0 Å². The van der Waals surface area contributed by atoms with Crippen molar-refractivity contribution in [2.45, 2.75) is 27.2 Å². The maximum absolute atomic E-state index is 12.3. The fraction of sp³-hybridized carbons (Fsp3) is 0.304. The fourth-order valence-electron chi connectivity index (χ4n) is 3.27. The molecule has 2 aromatic rings. The van der Waals surface area contributed by atoms with E-state index in [-0.39, 0.29) is 18.9 Å². The lowest BCUT2D eigenvalue weighted by Crippen LogP contribution is -2.43. The summed E-state index contributed by atoms with van der Waals surface area (Å²) in [5, 5.41) is 3.83. The number of rotatable bonds is 6. The Kier molecular flexibility index (Phi) is 6.69. The van der Waals surface area contributed by atoms with Gasteiger partial charge in [-0.05, 0) is 50.1 Å². The molecule has 0 aromatic heterocycles. The summed E-state index contributed by atoms with van der Waals surface area (Å²) < 4.78 is 5.09. The normalized spacial score (nSPS) is 15.5. The minimum absolute atomic E-state index is 0.00612. The molecule has 162 valence electrons. The maximum Gasteiger partial charge on any atom is 0.311 e. The number of anilines is 1. The monoisotopic (exact) mass is 423 g/mol. The first-order valence-electron chi connectivity index (χ1n) is 9.95. The molecule has 1 heterocycles. The van der Waals surface area contributed by atoms with E-state index in [4.69, 9.17) is 4.74 Å². The summed E-state index contributed by atoms with van der Waals surface area (Å²) in [7, 11) is 0. The van der Waals surface area contributed by atoms with Crippen molar-refractivity contribution in [3.05, 3.63) is 64.7 Å².